The zero-order valence-corrected chi connectivity index (χ0v) is 16.5. The Labute approximate surface area is 164 Å². The molecular formula is C23H34N4. The minimum atomic E-state index is 0.819. The molecule has 27 heavy (non-hydrogen) atoms. The van der Waals surface area contributed by atoms with E-state index in [-0.39, 0.29) is 0 Å². The summed E-state index contributed by atoms with van der Waals surface area (Å²) >= 11 is 0. The Hall–Kier alpha value is -1.88. The van der Waals surface area contributed by atoms with Crippen LogP contribution in [-0.2, 0) is 0 Å². The van der Waals surface area contributed by atoms with E-state index in [1.54, 1.807) is 0 Å². The topological polar surface area (TPSA) is 35.7 Å². The Kier molecular flexibility index (Phi) is 8.15. The summed E-state index contributed by atoms with van der Waals surface area (Å²) < 4.78 is 0. The highest BCUT2D eigenvalue weighted by Crippen LogP contribution is 2.25. The number of hydrogen-bond acceptors (Lipinski definition) is 4. The van der Waals surface area contributed by atoms with Gasteiger partial charge in [0.1, 0.15) is 0 Å². The molecule has 0 aromatic heterocycles. The molecule has 0 saturated carbocycles. The van der Waals surface area contributed by atoms with Crippen LogP contribution in [0.3, 0.4) is 0 Å². The molecule has 3 rings (SSSR count). The lowest BCUT2D eigenvalue weighted by molar-refractivity contribution is 0.130. The summed E-state index contributed by atoms with van der Waals surface area (Å²) in [7, 11) is 0. The smallest absolute Gasteiger partial charge is 0.0410 e. The third-order valence-corrected chi connectivity index (χ3v) is 5.39. The number of nitrogens with zero attached hydrogens (tertiary/aromatic N) is 3. The van der Waals surface area contributed by atoms with E-state index in [2.05, 4.69) is 75.4 Å². The summed E-state index contributed by atoms with van der Waals surface area (Å²) in [5.74, 6) is 0. The lowest BCUT2D eigenvalue weighted by atomic mass is 10.2. The predicted molar refractivity (Wildman–Crippen MR) is 116 cm³/mol. The molecule has 0 bridgehead atoms. The van der Waals surface area contributed by atoms with Crippen molar-refractivity contribution >= 4 is 11.4 Å². The summed E-state index contributed by atoms with van der Waals surface area (Å²) in [4.78, 5) is 7.64. The van der Waals surface area contributed by atoms with Crippen molar-refractivity contribution in [2.75, 3.05) is 57.3 Å². The number of piperazine rings is 1. The van der Waals surface area contributed by atoms with Crippen molar-refractivity contribution in [2.45, 2.75) is 19.3 Å². The summed E-state index contributed by atoms with van der Waals surface area (Å²) in [6.45, 7) is 9.04. The molecular weight excluding hydrogens is 332 g/mol. The van der Waals surface area contributed by atoms with Crippen molar-refractivity contribution in [2.24, 2.45) is 5.73 Å². The highest BCUT2D eigenvalue weighted by molar-refractivity contribution is 5.62. The van der Waals surface area contributed by atoms with E-state index in [1.807, 2.05) is 0 Å². The van der Waals surface area contributed by atoms with E-state index in [9.17, 15) is 0 Å². The number of benzene rings is 2. The summed E-state index contributed by atoms with van der Waals surface area (Å²) in [5.41, 5.74) is 8.14. The van der Waals surface area contributed by atoms with Crippen LogP contribution >= 0.6 is 0 Å². The highest BCUT2D eigenvalue weighted by atomic mass is 15.3. The Morgan fingerprint density at radius 1 is 0.667 bits per heavy atom. The molecule has 1 aliphatic heterocycles. The van der Waals surface area contributed by atoms with Crippen molar-refractivity contribution < 1.29 is 0 Å². The first-order chi connectivity index (χ1) is 13.4. The van der Waals surface area contributed by atoms with Crippen LogP contribution in [0, 0.1) is 0 Å². The highest BCUT2D eigenvalue weighted by Gasteiger charge is 2.16. The fraction of sp³-hybridized carbons (Fsp3) is 0.478. The first-order valence-electron chi connectivity index (χ1n) is 10.4. The first kappa shape index (κ1) is 19.9. The molecule has 0 aliphatic carbocycles. The van der Waals surface area contributed by atoms with Crippen molar-refractivity contribution in [3.05, 3.63) is 60.7 Å². The normalized spacial score (nSPS) is 15.7. The van der Waals surface area contributed by atoms with E-state index >= 15 is 0 Å². The molecule has 2 aromatic carbocycles. The SMILES string of the molecule is NCCCCN1CCN(CCCN(c2ccccc2)c2ccccc2)CC1. The summed E-state index contributed by atoms with van der Waals surface area (Å²) in [5, 5.41) is 0. The maximum atomic E-state index is 5.60. The maximum Gasteiger partial charge on any atom is 0.0410 e. The van der Waals surface area contributed by atoms with E-state index < -0.39 is 0 Å². The third kappa shape index (κ3) is 6.35. The van der Waals surface area contributed by atoms with Crippen LogP contribution < -0.4 is 10.6 Å². The van der Waals surface area contributed by atoms with E-state index in [0.29, 0.717) is 0 Å². The second-order valence-electron chi connectivity index (χ2n) is 7.36. The van der Waals surface area contributed by atoms with Crippen LogP contribution in [0.2, 0.25) is 0 Å². The van der Waals surface area contributed by atoms with E-state index in [4.69, 9.17) is 5.73 Å². The van der Waals surface area contributed by atoms with Crippen LogP contribution in [-0.4, -0.2) is 62.2 Å². The number of nitrogens with two attached hydrogens (primary N) is 1. The number of para-hydroxylation sites is 2. The standard InChI is InChI=1S/C23H34N4/c24-14-7-8-15-25-18-20-26(21-19-25)16-9-17-27(22-10-3-1-4-11-22)23-12-5-2-6-13-23/h1-6,10-13H,7-9,14-21,24H2. The lowest BCUT2D eigenvalue weighted by Crippen LogP contribution is -2.47. The van der Waals surface area contributed by atoms with Gasteiger partial charge in [0.25, 0.3) is 0 Å². The average molecular weight is 367 g/mol. The monoisotopic (exact) mass is 366 g/mol. The summed E-state index contributed by atoms with van der Waals surface area (Å²) in [6, 6.07) is 21.5. The van der Waals surface area contributed by atoms with E-state index in [1.165, 1.54) is 63.5 Å². The van der Waals surface area contributed by atoms with Crippen molar-refractivity contribution in [3.8, 4) is 0 Å². The number of rotatable bonds is 10. The van der Waals surface area contributed by atoms with Gasteiger partial charge in [0.15, 0.2) is 0 Å². The molecule has 4 heteroatoms. The van der Waals surface area contributed by atoms with Crippen molar-refractivity contribution in [1.29, 1.82) is 0 Å². The van der Waals surface area contributed by atoms with Crippen molar-refractivity contribution in [3.63, 3.8) is 0 Å². The Morgan fingerprint density at radius 2 is 1.15 bits per heavy atom. The van der Waals surface area contributed by atoms with Gasteiger partial charge in [-0.3, -0.25) is 0 Å². The molecule has 0 spiro atoms. The first-order valence-corrected chi connectivity index (χ1v) is 10.4. The molecule has 1 aliphatic rings. The van der Waals surface area contributed by atoms with Crippen LogP contribution in [0.15, 0.2) is 60.7 Å². The van der Waals surface area contributed by atoms with Crippen LogP contribution in [0.25, 0.3) is 0 Å². The molecule has 0 atom stereocenters. The minimum absolute atomic E-state index is 0.819. The van der Waals surface area contributed by atoms with Crippen LogP contribution in [0.5, 0.6) is 0 Å². The second kappa shape index (κ2) is 11.1. The molecule has 1 heterocycles. The molecule has 2 N–H and O–H groups in total. The van der Waals surface area contributed by atoms with Gasteiger partial charge in [-0.1, -0.05) is 36.4 Å². The van der Waals surface area contributed by atoms with Crippen LogP contribution in [0.1, 0.15) is 19.3 Å². The fourth-order valence-electron chi connectivity index (χ4n) is 3.79. The Morgan fingerprint density at radius 3 is 1.63 bits per heavy atom. The molecule has 2 aromatic rings. The third-order valence-electron chi connectivity index (χ3n) is 5.39. The van der Waals surface area contributed by atoms with Gasteiger partial charge in [-0.25, -0.2) is 0 Å². The molecule has 1 fully saturated rings. The zero-order valence-electron chi connectivity index (χ0n) is 16.5. The number of unbranched alkanes of at least 4 members (excludes halogenated alkanes) is 1. The van der Waals surface area contributed by atoms with E-state index in [0.717, 1.165) is 19.5 Å². The second-order valence-corrected chi connectivity index (χ2v) is 7.36. The van der Waals surface area contributed by atoms with Gasteiger partial charge in [0, 0.05) is 44.1 Å². The molecule has 4 nitrogen and oxygen atoms in total. The molecule has 146 valence electrons. The number of hydrogen-bond donors (Lipinski definition) is 1. The largest absolute Gasteiger partial charge is 0.341 e. The quantitative estimate of drug-likeness (QED) is 0.652. The van der Waals surface area contributed by atoms with Gasteiger partial charge in [-0.2, -0.15) is 0 Å². The molecule has 0 unspecified atom stereocenters. The van der Waals surface area contributed by atoms with Gasteiger partial charge in [-0.05, 0) is 63.2 Å². The Bertz CT molecular complexity index is 584. The minimum Gasteiger partial charge on any atom is -0.341 e. The van der Waals surface area contributed by atoms with Crippen LogP contribution in [0.4, 0.5) is 11.4 Å². The molecule has 0 amide bonds. The zero-order chi connectivity index (χ0) is 18.7. The molecule has 0 radical (unpaired) electrons. The van der Waals surface area contributed by atoms with Gasteiger partial charge in [0.2, 0.25) is 0 Å². The van der Waals surface area contributed by atoms with Gasteiger partial charge in [0.05, 0.1) is 0 Å². The molecule has 1 saturated heterocycles. The van der Waals surface area contributed by atoms with Gasteiger partial charge < -0.3 is 20.4 Å². The maximum absolute atomic E-state index is 5.60. The Balaban J connectivity index is 1.46. The lowest BCUT2D eigenvalue weighted by Gasteiger charge is -2.35. The average Bonchev–Trinajstić information content (AvgIpc) is 2.74. The summed E-state index contributed by atoms with van der Waals surface area (Å²) in [6.07, 6.45) is 3.56. The van der Waals surface area contributed by atoms with Gasteiger partial charge in [-0.15, -0.1) is 0 Å². The fourth-order valence-corrected chi connectivity index (χ4v) is 3.79. The van der Waals surface area contributed by atoms with Crippen molar-refractivity contribution in [1.82, 2.24) is 9.80 Å². The predicted octanol–water partition coefficient (Wildman–Crippen LogP) is 3.57. The van der Waals surface area contributed by atoms with Gasteiger partial charge >= 0.3 is 0 Å². The number of anilines is 2.